The molecule has 0 atom stereocenters. The summed E-state index contributed by atoms with van der Waals surface area (Å²) >= 11 is 1.68. The minimum Gasteiger partial charge on any atom is -0.492 e. The maximum Gasteiger partial charge on any atom is 0.191 e. The normalized spacial score (nSPS) is 11.5. The van der Waals surface area contributed by atoms with Crippen molar-refractivity contribution in [2.75, 3.05) is 47.0 Å². The van der Waals surface area contributed by atoms with Gasteiger partial charge in [-0.15, -0.1) is 35.3 Å². The van der Waals surface area contributed by atoms with Crippen LogP contribution in [0.25, 0.3) is 0 Å². The molecule has 1 aromatic carbocycles. The molecular weight excluding hydrogens is 537 g/mol. The highest BCUT2D eigenvalue weighted by atomic mass is 127. The van der Waals surface area contributed by atoms with Crippen molar-refractivity contribution in [2.24, 2.45) is 4.99 Å². The quantitative estimate of drug-likeness (QED) is 0.213. The summed E-state index contributed by atoms with van der Waals surface area (Å²) in [5.74, 6) is 2.11. The molecule has 9 heteroatoms. The van der Waals surface area contributed by atoms with Crippen molar-refractivity contribution in [1.29, 1.82) is 0 Å². The van der Waals surface area contributed by atoms with Gasteiger partial charge >= 0.3 is 0 Å². The Bertz CT molecular complexity index is 800. The van der Waals surface area contributed by atoms with Gasteiger partial charge in [0.2, 0.25) is 0 Å². The topological polar surface area (TPSA) is 71.0 Å². The van der Waals surface area contributed by atoms with Crippen LogP contribution in [0.1, 0.15) is 43.0 Å². The van der Waals surface area contributed by atoms with Crippen molar-refractivity contribution >= 4 is 41.3 Å². The Hall–Kier alpha value is -1.43. The number of hydrogen-bond acceptors (Lipinski definition) is 6. The maximum atomic E-state index is 5.91. The van der Waals surface area contributed by atoms with Crippen LogP contribution in [0.5, 0.6) is 5.75 Å². The minimum absolute atomic E-state index is 0. The number of nitrogens with one attached hydrogen (secondary N) is 2. The van der Waals surface area contributed by atoms with E-state index in [1.807, 2.05) is 12.1 Å². The number of aromatic nitrogens is 1. The molecule has 2 aromatic rings. The van der Waals surface area contributed by atoms with E-state index in [1.165, 1.54) is 0 Å². The molecule has 0 unspecified atom stereocenters. The van der Waals surface area contributed by atoms with Crippen molar-refractivity contribution in [3.05, 3.63) is 45.9 Å². The van der Waals surface area contributed by atoms with Crippen LogP contribution in [0.2, 0.25) is 0 Å². The summed E-state index contributed by atoms with van der Waals surface area (Å²) in [5, 5.41) is 9.88. The lowest BCUT2D eigenvalue weighted by atomic mass is 10.2. The van der Waals surface area contributed by atoms with Gasteiger partial charge < -0.3 is 25.0 Å². The molecule has 0 saturated carbocycles. The Morgan fingerprint density at radius 2 is 2.00 bits per heavy atom. The lowest BCUT2D eigenvalue weighted by molar-refractivity contribution is 0.150. The van der Waals surface area contributed by atoms with Gasteiger partial charge in [-0.2, -0.15) is 0 Å². The van der Waals surface area contributed by atoms with Gasteiger partial charge in [-0.05, 0) is 37.6 Å². The molecule has 0 bridgehead atoms. The number of rotatable bonds is 13. The van der Waals surface area contributed by atoms with Crippen molar-refractivity contribution < 1.29 is 9.47 Å². The molecule has 0 spiro atoms. The maximum absolute atomic E-state index is 5.91. The molecule has 0 fully saturated rings. The molecule has 0 aliphatic rings. The van der Waals surface area contributed by atoms with Crippen molar-refractivity contribution in [3.63, 3.8) is 0 Å². The first kappa shape index (κ1) is 28.6. The highest BCUT2D eigenvalue weighted by Gasteiger charge is 2.07. The highest BCUT2D eigenvalue weighted by molar-refractivity contribution is 14.0. The van der Waals surface area contributed by atoms with Gasteiger partial charge in [-0.3, -0.25) is 0 Å². The molecule has 7 nitrogen and oxygen atoms in total. The molecule has 32 heavy (non-hydrogen) atoms. The zero-order valence-corrected chi connectivity index (χ0v) is 23.0. The molecule has 0 radical (unpaired) electrons. The number of methoxy groups -OCH3 is 1. The number of thiazole rings is 1. The number of halogens is 1. The molecule has 2 N–H and O–H groups in total. The fourth-order valence-electron chi connectivity index (χ4n) is 2.75. The Morgan fingerprint density at radius 3 is 2.69 bits per heavy atom. The average molecular weight is 576 g/mol. The van der Waals surface area contributed by atoms with E-state index in [1.54, 1.807) is 18.4 Å². The highest BCUT2D eigenvalue weighted by Crippen LogP contribution is 2.17. The van der Waals surface area contributed by atoms with Crippen LogP contribution < -0.4 is 15.4 Å². The minimum atomic E-state index is 0. The van der Waals surface area contributed by atoms with Crippen LogP contribution in [-0.4, -0.2) is 62.8 Å². The van der Waals surface area contributed by atoms with Gasteiger partial charge in [-0.1, -0.05) is 26.0 Å². The molecule has 0 aliphatic carbocycles. The first-order valence-corrected chi connectivity index (χ1v) is 11.8. The number of aliphatic imine (C=N–C) groups is 1. The van der Waals surface area contributed by atoms with E-state index in [9.17, 15) is 0 Å². The van der Waals surface area contributed by atoms with Crippen molar-refractivity contribution in [3.8, 4) is 5.75 Å². The summed E-state index contributed by atoms with van der Waals surface area (Å²) in [6, 6.07) is 8.12. The smallest absolute Gasteiger partial charge is 0.191 e. The Morgan fingerprint density at radius 1 is 1.22 bits per heavy atom. The van der Waals surface area contributed by atoms with Crippen LogP contribution in [0.4, 0.5) is 0 Å². The molecule has 0 saturated heterocycles. The summed E-state index contributed by atoms with van der Waals surface area (Å²) < 4.78 is 11.0. The second-order valence-corrected chi connectivity index (χ2v) is 8.60. The van der Waals surface area contributed by atoms with E-state index in [0.717, 1.165) is 54.2 Å². The fourth-order valence-corrected chi connectivity index (χ4v) is 3.65. The molecule has 0 aliphatic heterocycles. The summed E-state index contributed by atoms with van der Waals surface area (Å²) in [6.45, 7) is 11.6. The van der Waals surface area contributed by atoms with E-state index in [0.29, 0.717) is 25.6 Å². The molecule has 180 valence electrons. The number of ether oxygens (including phenoxy) is 2. The summed E-state index contributed by atoms with van der Waals surface area (Å²) in [6.07, 6.45) is 0. The van der Waals surface area contributed by atoms with Gasteiger partial charge in [0.15, 0.2) is 5.96 Å². The van der Waals surface area contributed by atoms with Gasteiger partial charge in [0.1, 0.15) is 17.4 Å². The summed E-state index contributed by atoms with van der Waals surface area (Å²) in [5.41, 5.74) is 2.25. The third kappa shape index (κ3) is 10.9. The van der Waals surface area contributed by atoms with E-state index in [2.05, 4.69) is 65.8 Å². The van der Waals surface area contributed by atoms with Crippen LogP contribution in [0.3, 0.4) is 0 Å². The third-order valence-corrected chi connectivity index (χ3v) is 5.52. The number of benzene rings is 1. The van der Waals surface area contributed by atoms with Crippen LogP contribution in [-0.2, 0) is 17.8 Å². The number of likely N-dealkylation sites (N-methyl/N-ethyl adjacent to an activating group) is 1. The van der Waals surface area contributed by atoms with E-state index < -0.39 is 0 Å². The SMILES string of the molecule is CCNC(=NCc1cccc(OCCN(C)CCOC)c1)NCc1nc(C(C)C)cs1.I. The van der Waals surface area contributed by atoms with Gasteiger partial charge in [0.25, 0.3) is 0 Å². The standard InChI is InChI=1S/C23H37N5O2S.HI/c1-6-24-23(26-16-22-27-21(17-31-22)18(2)3)25-15-19-8-7-9-20(14-19)30-13-11-28(4)10-12-29-5;/h7-9,14,17-18H,6,10-13,15-16H2,1-5H3,(H2,24,25,26);1H. The van der Waals surface area contributed by atoms with E-state index in [-0.39, 0.29) is 24.0 Å². The number of nitrogens with zero attached hydrogens (tertiary/aromatic N) is 3. The second kappa shape index (κ2) is 16.2. The fraction of sp³-hybridized carbons (Fsp3) is 0.565. The van der Waals surface area contributed by atoms with Gasteiger partial charge in [-0.25, -0.2) is 9.98 Å². The number of hydrogen-bond donors (Lipinski definition) is 2. The summed E-state index contributed by atoms with van der Waals surface area (Å²) in [7, 11) is 3.79. The van der Waals surface area contributed by atoms with Gasteiger partial charge in [0.05, 0.1) is 25.4 Å². The van der Waals surface area contributed by atoms with Gasteiger partial charge in [0, 0.05) is 32.1 Å². The molecule has 1 aromatic heterocycles. The first-order valence-electron chi connectivity index (χ1n) is 10.9. The van der Waals surface area contributed by atoms with Crippen molar-refractivity contribution in [1.82, 2.24) is 20.5 Å². The van der Waals surface area contributed by atoms with Crippen molar-refractivity contribution in [2.45, 2.75) is 39.8 Å². The lowest BCUT2D eigenvalue weighted by Crippen LogP contribution is -2.36. The molecule has 1 heterocycles. The van der Waals surface area contributed by atoms with E-state index in [4.69, 9.17) is 14.5 Å². The Balaban J connectivity index is 0.00000512. The van der Waals surface area contributed by atoms with E-state index >= 15 is 0 Å². The van der Waals surface area contributed by atoms with Crippen LogP contribution in [0, 0.1) is 0 Å². The zero-order chi connectivity index (χ0) is 22.5. The summed E-state index contributed by atoms with van der Waals surface area (Å²) in [4.78, 5) is 11.6. The largest absolute Gasteiger partial charge is 0.492 e. The second-order valence-electron chi connectivity index (χ2n) is 7.66. The number of guanidine groups is 1. The molecule has 0 amide bonds. The van der Waals surface area contributed by atoms with Crippen LogP contribution in [0.15, 0.2) is 34.6 Å². The zero-order valence-electron chi connectivity index (χ0n) is 19.9. The molecular formula is C23H38IN5O2S. The Kier molecular flexibility index (Phi) is 14.5. The Labute approximate surface area is 214 Å². The monoisotopic (exact) mass is 575 g/mol. The van der Waals surface area contributed by atoms with Crippen LogP contribution >= 0.6 is 35.3 Å². The average Bonchev–Trinajstić information content (AvgIpc) is 3.24. The lowest BCUT2D eigenvalue weighted by Gasteiger charge is -2.16. The predicted molar refractivity (Wildman–Crippen MR) is 145 cm³/mol. The third-order valence-electron chi connectivity index (χ3n) is 4.65. The molecule has 2 rings (SSSR count). The first-order chi connectivity index (χ1) is 15.0. The predicted octanol–water partition coefficient (Wildman–Crippen LogP) is 4.10.